The van der Waals surface area contributed by atoms with Gasteiger partial charge in [0.25, 0.3) is 0 Å². The van der Waals surface area contributed by atoms with Crippen LogP contribution in [0.25, 0.3) is 0 Å². The van der Waals surface area contributed by atoms with E-state index in [-0.39, 0.29) is 6.61 Å². The van der Waals surface area contributed by atoms with Crippen LogP contribution in [0.2, 0.25) is 0 Å². The van der Waals surface area contributed by atoms with Crippen LogP contribution in [0.3, 0.4) is 0 Å². The van der Waals surface area contributed by atoms with Crippen molar-refractivity contribution in [1.82, 2.24) is 5.32 Å². The van der Waals surface area contributed by atoms with E-state index in [4.69, 9.17) is 16.3 Å². The Labute approximate surface area is 120 Å². The lowest BCUT2D eigenvalue weighted by Gasteiger charge is -2.13. The highest BCUT2D eigenvalue weighted by atomic mass is 16.5. The highest BCUT2D eigenvalue weighted by Crippen LogP contribution is 2.18. The zero-order chi connectivity index (χ0) is 14.2. The van der Waals surface area contributed by atoms with E-state index < -0.39 is 0 Å². The monoisotopic (exact) mass is 271 g/mol. The standard InChI is InChI=1S/C17H21NO2/c1-2-3-10-20-17-8-5-14(6-9-17)12-18-16-7-4-15(11-16)13-19/h1,4-9,15-16,18-19H,3,10-13H2/t15-,16+/m0/s1. The molecule has 106 valence electrons. The summed E-state index contributed by atoms with van der Waals surface area (Å²) in [7, 11) is 0. The Hall–Kier alpha value is -1.76. The predicted octanol–water partition coefficient (Wildman–Crippen LogP) is 2.12. The lowest BCUT2D eigenvalue weighted by Crippen LogP contribution is -2.26. The first-order chi connectivity index (χ1) is 9.81. The average Bonchev–Trinajstić information content (AvgIpc) is 2.95. The van der Waals surface area contributed by atoms with Gasteiger partial charge >= 0.3 is 0 Å². The normalized spacial score (nSPS) is 20.8. The molecule has 0 saturated carbocycles. The van der Waals surface area contributed by atoms with Crippen LogP contribution in [0.4, 0.5) is 0 Å². The number of hydrogen-bond acceptors (Lipinski definition) is 3. The quantitative estimate of drug-likeness (QED) is 0.453. The van der Waals surface area contributed by atoms with E-state index in [2.05, 4.69) is 35.5 Å². The number of rotatable bonds is 7. The minimum absolute atomic E-state index is 0.234. The fourth-order valence-electron chi connectivity index (χ4n) is 2.24. The van der Waals surface area contributed by atoms with Gasteiger partial charge in [0.05, 0.1) is 6.61 Å². The maximum Gasteiger partial charge on any atom is 0.119 e. The van der Waals surface area contributed by atoms with Gasteiger partial charge in [-0.15, -0.1) is 12.3 Å². The summed E-state index contributed by atoms with van der Waals surface area (Å²) in [6.45, 7) is 1.61. The number of ether oxygens (including phenoxy) is 1. The van der Waals surface area contributed by atoms with Crippen molar-refractivity contribution in [2.75, 3.05) is 13.2 Å². The fraction of sp³-hybridized carbons (Fsp3) is 0.412. The summed E-state index contributed by atoms with van der Waals surface area (Å²) in [5.74, 6) is 3.71. The third-order valence-electron chi connectivity index (χ3n) is 3.41. The van der Waals surface area contributed by atoms with Crippen molar-refractivity contribution in [3.05, 3.63) is 42.0 Å². The molecule has 1 aromatic rings. The van der Waals surface area contributed by atoms with Crippen LogP contribution in [0.1, 0.15) is 18.4 Å². The molecule has 0 aromatic heterocycles. The smallest absolute Gasteiger partial charge is 0.119 e. The minimum Gasteiger partial charge on any atom is -0.493 e. The van der Waals surface area contributed by atoms with Gasteiger partial charge in [-0.25, -0.2) is 0 Å². The van der Waals surface area contributed by atoms with E-state index in [0.29, 0.717) is 25.0 Å². The molecule has 3 heteroatoms. The second kappa shape index (κ2) is 7.74. The van der Waals surface area contributed by atoms with E-state index in [1.807, 2.05) is 12.1 Å². The maximum absolute atomic E-state index is 9.08. The Kier molecular flexibility index (Phi) is 5.67. The van der Waals surface area contributed by atoms with Gasteiger partial charge in [0.1, 0.15) is 5.75 Å². The average molecular weight is 271 g/mol. The van der Waals surface area contributed by atoms with E-state index in [1.54, 1.807) is 0 Å². The van der Waals surface area contributed by atoms with Crippen molar-refractivity contribution >= 4 is 0 Å². The largest absolute Gasteiger partial charge is 0.493 e. The summed E-state index contributed by atoms with van der Waals surface area (Å²) < 4.78 is 5.51. The van der Waals surface area contributed by atoms with Crippen molar-refractivity contribution < 1.29 is 9.84 Å². The van der Waals surface area contributed by atoms with Gasteiger partial charge in [-0.1, -0.05) is 24.3 Å². The summed E-state index contributed by atoms with van der Waals surface area (Å²) in [5.41, 5.74) is 1.22. The van der Waals surface area contributed by atoms with Gasteiger partial charge < -0.3 is 15.2 Å². The summed E-state index contributed by atoms with van der Waals surface area (Å²) in [4.78, 5) is 0. The molecule has 1 aliphatic rings. The van der Waals surface area contributed by atoms with Crippen LogP contribution in [-0.4, -0.2) is 24.4 Å². The summed E-state index contributed by atoms with van der Waals surface area (Å²) in [5, 5.41) is 12.6. The number of aliphatic hydroxyl groups is 1. The zero-order valence-electron chi connectivity index (χ0n) is 11.6. The van der Waals surface area contributed by atoms with E-state index in [9.17, 15) is 0 Å². The Morgan fingerprint density at radius 2 is 2.10 bits per heavy atom. The molecule has 3 nitrogen and oxygen atoms in total. The SMILES string of the molecule is C#CCCOc1ccc(CN[C@@H]2C=C[C@H](CO)C2)cc1. The Balaban J connectivity index is 1.74. The summed E-state index contributed by atoms with van der Waals surface area (Å²) in [6.07, 6.45) is 11.0. The molecule has 20 heavy (non-hydrogen) atoms. The van der Waals surface area contributed by atoms with Gasteiger partial charge in [0, 0.05) is 31.5 Å². The minimum atomic E-state index is 0.234. The molecular weight excluding hydrogens is 250 g/mol. The van der Waals surface area contributed by atoms with Crippen LogP contribution in [-0.2, 0) is 6.54 Å². The van der Waals surface area contributed by atoms with Crippen LogP contribution >= 0.6 is 0 Å². The summed E-state index contributed by atoms with van der Waals surface area (Å²) in [6, 6.07) is 8.41. The molecule has 2 N–H and O–H groups in total. The Morgan fingerprint density at radius 1 is 1.30 bits per heavy atom. The lowest BCUT2D eigenvalue weighted by atomic mass is 10.1. The molecule has 1 aromatic carbocycles. The van der Waals surface area contributed by atoms with Crippen LogP contribution in [0.5, 0.6) is 5.75 Å². The number of terminal acetylenes is 1. The maximum atomic E-state index is 9.08. The number of benzene rings is 1. The molecule has 0 saturated heterocycles. The molecule has 0 amide bonds. The molecule has 2 rings (SSSR count). The molecule has 0 spiro atoms. The lowest BCUT2D eigenvalue weighted by molar-refractivity contribution is 0.246. The van der Waals surface area contributed by atoms with Crippen LogP contribution in [0.15, 0.2) is 36.4 Å². The number of aliphatic hydroxyl groups excluding tert-OH is 1. The third-order valence-corrected chi connectivity index (χ3v) is 3.41. The first kappa shape index (κ1) is 14.6. The fourth-order valence-corrected chi connectivity index (χ4v) is 2.24. The van der Waals surface area contributed by atoms with Gasteiger partial charge in [-0.3, -0.25) is 0 Å². The molecule has 0 unspecified atom stereocenters. The van der Waals surface area contributed by atoms with Crippen molar-refractivity contribution in [3.8, 4) is 18.1 Å². The molecular formula is C17H21NO2. The second-order valence-electron chi connectivity index (χ2n) is 5.00. The number of nitrogens with one attached hydrogen (secondary N) is 1. The van der Waals surface area contributed by atoms with Crippen LogP contribution in [0, 0.1) is 18.3 Å². The molecule has 0 bridgehead atoms. The third kappa shape index (κ3) is 4.41. The highest BCUT2D eigenvalue weighted by Gasteiger charge is 2.17. The predicted molar refractivity (Wildman–Crippen MR) is 80.3 cm³/mol. The molecule has 1 aliphatic carbocycles. The topological polar surface area (TPSA) is 41.5 Å². The van der Waals surface area contributed by atoms with Crippen LogP contribution < -0.4 is 10.1 Å². The van der Waals surface area contributed by atoms with Gasteiger partial charge in [-0.05, 0) is 24.1 Å². The first-order valence-corrected chi connectivity index (χ1v) is 6.99. The molecule has 2 atom stereocenters. The van der Waals surface area contributed by atoms with Crippen molar-refractivity contribution in [2.24, 2.45) is 5.92 Å². The highest BCUT2D eigenvalue weighted by molar-refractivity contribution is 5.27. The molecule has 0 radical (unpaired) electrons. The van der Waals surface area contributed by atoms with E-state index in [0.717, 1.165) is 18.7 Å². The molecule has 0 fully saturated rings. The van der Waals surface area contributed by atoms with E-state index in [1.165, 1.54) is 5.56 Å². The number of hydrogen-bond donors (Lipinski definition) is 2. The van der Waals surface area contributed by atoms with Gasteiger partial charge in [0.2, 0.25) is 0 Å². The molecule has 0 heterocycles. The Bertz CT molecular complexity index is 473. The van der Waals surface area contributed by atoms with E-state index >= 15 is 0 Å². The summed E-state index contributed by atoms with van der Waals surface area (Å²) >= 11 is 0. The van der Waals surface area contributed by atoms with Crippen molar-refractivity contribution in [1.29, 1.82) is 0 Å². The molecule has 0 aliphatic heterocycles. The Morgan fingerprint density at radius 3 is 2.75 bits per heavy atom. The van der Waals surface area contributed by atoms with Crippen molar-refractivity contribution in [3.63, 3.8) is 0 Å². The zero-order valence-corrected chi connectivity index (χ0v) is 11.6. The first-order valence-electron chi connectivity index (χ1n) is 6.99. The van der Waals surface area contributed by atoms with Crippen molar-refractivity contribution in [2.45, 2.75) is 25.4 Å². The van der Waals surface area contributed by atoms with Gasteiger partial charge in [-0.2, -0.15) is 0 Å². The second-order valence-corrected chi connectivity index (χ2v) is 5.00. The van der Waals surface area contributed by atoms with Gasteiger partial charge in [0.15, 0.2) is 0 Å².